The van der Waals surface area contributed by atoms with Crippen LogP contribution < -0.4 is 0 Å². The van der Waals surface area contributed by atoms with Crippen molar-refractivity contribution in [3.8, 4) is 0 Å². The fraction of sp³-hybridized carbons (Fsp3) is 0.714. The SMILES string of the molecule is [2H]C([2H])([2H])C1C(=O)[C@H](F)C[C@H]1C(=O)O. The fourth-order valence-corrected chi connectivity index (χ4v) is 1.11. The first-order valence-corrected chi connectivity index (χ1v) is 3.15. The lowest BCUT2D eigenvalue weighted by atomic mass is 9.98. The van der Waals surface area contributed by atoms with E-state index >= 15 is 0 Å². The molecule has 1 saturated carbocycles. The molecular formula is C7H9FO3. The lowest BCUT2D eigenvalue weighted by Crippen LogP contribution is -2.19. The molecule has 0 heterocycles. The van der Waals surface area contributed by atoms with E-state index in [9.17, 15) is 14.0 Å². The van der Waals surface area contributed by atoms with E-state index in [4.69, 9.17) is 9.22 Å². The van der Waals surface area contributed by atoms with Crippen LogP contribution in [-0.2, 0) is 9.59 Å². The summed E-state index contributed by atoms with van der Waals surface area (Å²) in [4.78, 5) is 21.6. The third kappa shape index (κ3) is 1.25. The molecule has 0 aromatic heterocycles. The van der Waals surface area contributed by atoms with E-state index in [0.717, 1.165) is 0 Å². The third-order valence-corrected chi connectivity index (χ3v) is 1.80. The Bertz CT molecular complexity index is 276. The smallest absolute Gasteiger partial charge is 0.307 e. The Balaban J connectivity index is 2.99. The number of carboxylic acids is 1. The summed E-state index contributed by atoms with van der Waals surface area (Å²) in [6.07, 6.45) is -2.49. The van der Waals surface area contributed by atoms with Gasteiger partial charge < -0.3 is 5.11 Å². The van der Waals surface area contributed by atoms with Crippen LogP contribution in [0.15, 0.2) is 0 Å². The molecule has 1 fully saturated rings. The minimum Gasteiger partial charge on any atom is -0.481 e. The average molecular weight is 163 g/mol. The highest BCUT2D eigenvalue weighted by molar-refractivity contribution is 5.92. The first-order chi connectivity index (χ1) is 6.25. The molecule has 62 valence electrons. The number of aliphatic carboxylic acids is 1. The maximum atomic E-state index is 12.8. The molecule has 0 aromatic rings. The van der Waals surface area contributed by atoms with Gasteiger partial charge >= 0.3 is 5.97 Å². The second-order valence-corrected chi connectivity index (χ2v) is 2.53. The van der Waals surface area contributed by atoms with Crippen molar-refractivity contribution in [2.24, 2.45) is 11.8 Å². The van der Waals surface area contributed by atoms with Crippen LogP contribution >= 0.6 is 0 Å². The molecule has 0 bridgehead atoms. The molecule has 0 aliphatic heterocycles. The van der Waals surface area contributed by atoms with E-state index in [1.807, 2.05) is 0 Å². The predicted molar refractivity (Wildman–Crippen MR) is 34.8 cm³/mol. The minimum absolute atomic E-state index is 0.531. The van der Waals surface area contributed by atoms with Crippen LogP contribution in [0, 0.1) is 11.8 Å². The minimum atomic E-state index is -2.74. The molecule has 0 spiro atoms. The first kappa shape index (κ1) is 4.85. The van der Waals surface area contributed by atoms with Crippen molar-refractivity contribution in [2.45, 2.75) is 19.4 Å². The quantitative estimate of drug-likeness (QED) is 0.617. The van der Waals surface area contributed by atoms with E-state index in [-0.39, 0.29) is 0 Å². The average Bonchev–Trinajstić information content (AvgIpc) is 2.27. The Hall–Kier alpha value is -0.930. The van der Waals surface area contributed by atoms with Gasteiger partial charge in [0, 0.05) is 10.0 Å². The molecular weight excluding hydrogens is 151 g/mol. The zero-order chi connectivity index (χ0) is 11.1. The van der Waals surface area contributed by atoms with Crippen molar-refractivity contribution in [3.05, 3.63) is 0 Å². The number of hydrogen-bond donors (Lipinski definition) is 1. The predicted octanol–water partition coefficient (Wildman–Crippen LogP) is 0.634. The van der Waals surface area contributed by atoms with Gasteiger partial charge in [-0.2, -0.15) is 0 Å². The molecule has 1 aliphatic carbocycles. The monoisotopic (exact) mass is 163 g/mol. The van der Waals surface area contributed by atoms with Gasteiger partial charge in [0.1, 0.15) is 0 Å². The van der Waals surface area contributed by atoms with Crippen LogP contribution in [0.5, 0.6) is 0 Å². The molecule has 11 heavy (non-hydrogen) atoms. The molecule has 4 heteroatoms. The van der Waals surface area contributed by atoms with E-state index in [1.54, 1.807) is 0 Å². The standard InChI is InChI=1S/C7H9FO3/c1-3-4(7(10)11)2-5(8)6(3)9/h3-5H,2H2,1H3,(H,10,11)/t3?,4-,5-/m1/s1/i1D3. The van der Waals surface area contributed by atoms with Crippen LogP contribution in [0.1, 0.15) is 17.4 Å². The summed E-state index contributed by atoms with van der Waals surface area (Å²) < 4.78 is 33.7. The third-order valence-electron chi connectivity index (χ3n) is 1.80. The van der Waals surface area contributed by atoms with Crippen molar-refractivity contribution >= 4 is 11.8 Å². The van der Waals surface area contributed by atoms with Gasteiger partial charge in [0.25, 0.3) is 0 Å². The summed E-state index contributed by atoms with van der Waals surface area (Å²) >= 11 is 0. The van der Waals surface area contributed by atoms with Gasteiger partial charge in [-0.25, -0.2) is 4.39 Å². The topological polar surface area (TPSA) is 54.4 Å². The molecule has 1 N–H and O–H groups in total. The number of ketones is 1. The van der Waals surface area contributed by atoms with Crippen molar-refractivity contribution in [1.82, 2.24) is 0 Å². The number of hydrogen-bond acceptors (Lipinski definition) is 2. The molecule has 1 aliphatic rings. The van der Waals surface area contributed by atoms with Gasteiger partial charge in [-0.1, -0.05) is 6.85 Å². The Morgan fingerprint density at radius 2 is 2.55 bits per heavy atom. The van der Waals surface area contributed by atoms with Crippen molar-refractivity contribution in [2.75, 3.05) is 0 Å². The normalized spacial score (nSPS) is 42.8. The van der Waals surface area contributed by atoms with Gasteiger partial charge in [-0.05, 0) is 6.42 Å². The van der Waals surface area contributed by atoms with Gasteiger partial charge in [0.2, 0.25) is 0 Å². The second kappa shape index (κ2) is 2.60. The van der Waals surface area contributed by atoms with Crippen molar-refractivity contribution < 1.29 is 23.2 Å². The van der Waals surface area contributed by atoms with Crippen molar-refractivity contribution in [3.63, 3.8) is 0 Å². The van der Waals surface area contributed by atoms with E-state index in [2.05, 4.69) is 0 Å². The Labute approximate surface area is 67.4 Å². The molecule has 3 atom stereocenters. The lowest BCUT2D eigenvalue weighted by molar-refractivity contribution is -0.144. The highest BCUT2D eigenvalue weighted by atomic mass is 19.1. The number of halogens is 1. The number of carbonyl (C=O) groups is 2. The Kier molecular flexibility index (Phi) is 1.15. The van der Waals surface area contributed by atoms with Gasteiger partial charge in [0.05, 0.1) is 5.92 Å². The van der Waals surface area contributed by atoms with Crippen LogP contribution in [0.2, 0.25) is 0 Å². The fourth-order valence-electron chi connectivity index (χ4n) is 1.11. The highest BCUT2D eigenvalue weighted by Crippen LogP contribution is 2.30. The number of carboxylic acid groups (broad SMARTS) is 1. The number of rotatable bonds is 1. The van der Waals surface area contributed by atoms with Crippen LogP contribution in [0.3, 0.4) is 0 Å². The maximum absolute atomic E-state index is 12.8. The number of alkyl halides is 1. The van der Waals surface area contributed by atoms with Gasteiger partial charge in [-0.15, -0.1) is 0 Å². The molecule has 0 amide bonds. The number of carbonyl (C=O) groups excluding carboxylic acids is 1. The zero-order valence-corrected chi connectivity index (χ0v) is 5.58. The van der Waals surface area contributed by atoms with Crippen LogP contribution in [0.4, 0.5) is 4.39 Å². The summed E-state index contributed by atoms with van der Waals surface area (Å²) in [5, 5.41) is 8.61. The first-order valence-electron chi connectivity index (χ1n) is 4.65. The van der Waals surface area contributed by atoms with Gasteiger partial charge in [0.15, 0.2) is 12.0 Å². The largest absolute Gasteiger partial charge is 0.481 e. The Morgan fingerprint density at radius 1 is 1.91 bits per heavy atom. The van der Waals surface area contributed by atoms with Crippen LogP contribution in [0.25, 0.3) is 0 Å². The summed E-state index contributed by atoms with van der Waals surface area (Å²) in [5.74, 6) is -5.67. The van der Waals surface area contributed by atoms with E-state index < -0.39 is 43.0 Å². The zero-order valence-electron chi connectivity index (χ0n) is 8.58. The molecule has 0 aromatic carbocycles. The summed E-state index contributed by atoms with van der Waals surface area (Å²) in [6, 6.07) is 0. The van der Waals surface area contributed by atoms with Crippen LogP contribution in [-0.4, -0.2) is 23.0 Å². The molecule has 1 rings (SSSR count). The molecule has 1 unspecified atom stereocenters. The summed E-state index contributed by atoms with van der Waals surface area (Å²) in [6.45, 7) is -2.74. The highest BCUT2D eigenvalue weighted by Gasteiger charge is 2.43. The maximum Gasteiger partial charge on any atom is 0.307 e. The molecule has 0 radical (unpaired) electrons. The second-order valence-electron chi connectivity index (χ2n) is 2.53. The van der Waals surface area contributed by atoms with Crippen molar-refractivity contribution in [1.29, 1.82) is 0 Å². The Morgan fingerprint density at radius 3 is 2.91 bits per heavy atom. The summed E-state index contributed by atoms with van der Waals surface area (Å²) in [5.41, 5.74) is 0. The van der Waals surface area contributed by atoms with E-state index in [0.29, 0.717) is 0 Å². The number of Topliss-reactive ketones (excluding diaryl/α,β-unsaturated/α-hetero) is 1. The lowest BCUT2D eigenvalue weighted by Gasteiger charge is -2.05. The summed E-state index contributed by atoms with van der Waals surface area (Å²) in [7, 11) is 0. The molecule has 0 saturated heterocycles. The van der Waals surface area contributed by atoms with E-state index in [1.165, 1.54) is 0 Å². The molecule has 3 nitrogen and oxygen atoms in total. The van der Waals surface area contributed by atoms with Gasteiger partial charge in [-0.3, -0.25) is 9.59 Å².